The number of carbonyl (C=O) groups excluding carboxylic acids is 1. The number of carbonyl (C=O) groups is 1. The van der Waals surface area contributed by atoms with Crippen molar-refractivity contribution < 1.29 is 15.0 Å². The van der Waals surface area contributed by atoms with Gasteiger partial charge in [-0.15, -0.1) is 0 Å². The molecule has 0 aromatic carbocycles. The van der Waals surface area contributed by atoms with Gasteiger partial charge in [-0.05, 0) is 82.8 Å². The highest BCUT2D eigenvalue weighted by Gasteiger charge is 2.52. The Morgan fingerprint density at radius 3 is 1.63 bits per heavy atom. The summed E-state index contributed by atoms with van der Waals surface area (Å²) in [6.45, 7) is 20.9. The Morgan fingerprint density at radius 2 is 1.14 bits per heavy atom. The van der Waals surface area contributed by atoms with Gasteiger partial charge in [0.1, 0.15) is 0 Å². The Hall–Kier alpha value is -3.01. The fraction of sp³-hybridized carbons (Fsp3) is 0.475. The van der Waals surface area contributed by atoms with Gasteiger partial charge in [0, 0.05) is 5.41 Å². The van der Waals surface area contributed by atoms with E-state index >= 15 is 0 Å². The lowest BCUT2D eigenvalue weighted by Gasteiger charge is -2.35. The first-order chi connectivity index (χ1) is 20.0. The van der Waals surface area contributed by atoms with Crippen molar-refractivity contribution in [2.24, 2.45) is 16.2 Å². The highest BCUT2D eigenvalue weighted by atomic mass is 16.3. The molecule has 1 fully saturated rings. The van der Waals surface area contributed by atoms with Gasteiger partial charge in [-0.3, -0.25) is 4.79 Å². The normalized spacial score (nSPS) is 27.7. The minimum Gasteiger partial charge on any atom is -0.393 e. The van der Waals surface area contributed by atoms with Gasteiger partial charge < -0.3 is 10.2 Å². The molecule has 0 heterocycles. The Kier molecular flexibility index (Phi) is 13.2. The summed E-state index contributed by atoms with van der Waals surface area (Å²) in [5, 5.41) is 20.2. The summed E-state index contributed by atoms with van der Waals surface area (Å²) in [6.07, 6.45) is 30.6. The van der Waals surface area contributed by atoms with Crippen LogP contribution in [0.3, 0.4) is 0 Å². The third-order valence-electron chi connectivity index (χ3n) is 9.18. The molecule has 2 N–H and O–H groups in total. The van der Waals surface area contributed by atoms with Gasteiger partial charge in [-0.1, -0.05) is 141 Å². The van der Waals surface area contributed by atoms with E-state index in [9.17, 15) is 15.0 Å². The van der Waals surface area contributed by atoms with Crippen molar-refractivity contribution in [2.45, 2.75) is 107 Å². The van der Waals surface area contributed by atoms with E-state index in [1.807, 2.05) is 50.3 Å². The molecular formula is C40H56O3. The van der Waals surface area contributed by atoms with E-state index in [2.05, 4.69) is 97.9 Å². The van der Waals surface area contributed by atoms with Gasteiger partial charge in [-0.25, -0.2) is 0 Å². The smallest absolute Gasteiger partial charge is 0.162 e. The molecule has 0 spiro atoms. The van der Waals surface area contributed by atoms with Gasteiger partial charge in [0.2, 0.25) is 0 Å². The second-order valence-electron chi connectivity index (χ2n) is 14.2. The fourth-order valence-corrected chi connectivity index (χ4v) is 6.19. The van der Waals surface area contributed by atoms with Crippen molar-refractivity contribution in [3.8, 4) is 0 Å². The van der Waals surface area contributed by atoms with Crippen molar-refractivity contribution in [3.63, 3.8) is 0 Å². The predicted octanol–water partition coefficient (Wildman–Crippen LogP) is 9.81. The van der Waals surface area contributed by atoms with Crippen LogP contribution in [0, 0.1) is 16.2 Å². The van der Waals surface area contributed by atoms with E-state index < -0.39 is 11.5 Å². The Labute approximate surface area is 262 Å². The number of rotatable bonds is 11. The van der Waals surface area contributed by atoms with Gasteiger partial charge in [-0.2, -0.15) is 0 Å². The number of allylic oxidation sites excluding steroid dienone is 19. The molecule has 0 bridgehead atoms. The van der Waals surface area contributed by atoms with Crippen LogP contribution in [0.1, 0.15) is 94.9 Å². The SMILES string of the molecule is CC1=C(/C=C/C(C)=C/C=C/C(C)=C/C=C/C=C(C)/C=C/C=C(C)/C=C/C(=O)C2(C)CC(O)CC2(C)C)C(C)(C)CC(O)C1. The summed E-state index contributed by atoms with van der Waals surface area (Å²) in [7, 11) is 0. The molecule has 3 unspecified atom stereocenters. The van der Waals surface area contributed by atoms with Crippen molar-refractivity contribution in [1.29, 1.82) is 0 Å². The molecule has 2 aliphatic rings. The van der Waals surface area contributed by atoms with Gasteiger partial charge >= 0.3 is 0 Å². The first-order valence-corrected chi connectivity index (χ1v) is 15.7. The molecule has 3 heteroatoms. The van der Waals surface area contributed by atoms with E-state index in [0.29, 0.717) is 12.8 Å². The molecule has 234 valence electrons. The molecule has 3 atom stereocenters. The van der Waals surface area contributed by atoms with Crippen LogP contribution < -0.4 is 0 Å². The maximum atomic E-state index is 12.9. The highest BCUT2D eigenvalue weighted by molar-refractivity contribution is 5.95. The molecule has 0 aromatic heterocycles. The first-order valence-electron chi connectivity index (χ1n) is 15.7. The molecular weight excluding hydrogens is 528 g/mol. The molecule has 3 nitrogen and oxygen atoms in total. The Balaban J connectivity index is 1.89. The van der Waals surface area contributed by atoms with Crippen LogP contribution in [-0.4, -0.2) is 28.2 Å². The van der Waals surface area contributed by atoms with E-state index in [1.54, 1.807) is 6.08 Å². The molecule has 0 aliphatic heterocycles. The number of ketones is 1. The predicted molar refractivity (Wildman–Crippen MR) is 185 cm³/mol. The number of aliphatic hydroxyl groups excluding tert-OH is 2. The lowest BCUT2D eigenvalue weighted by atomic mass is 9.66. The van der Waals surface area contributed by atoms with Crippen molar-refractivity contribution >= 4 is 5.78 Å². The fourth-order valence-electron chi connectivity index (χ4n) is 6.19. The first kappa shape index (κ1) is 36.2. The van der Waals surface area contributed by atoms with Crippen LogP contribution in [0.2, 0.25) is 0 Å². The molecule has 2 aliphatic carbocycles. The summed E-state index contributed by atoms with van der Waals surface area (Å²) >= 11 is 0. The van der Waals surface area contributed by atoms with Crippen molar-refractivity contribution in [1.82, 2.24) is 0 Å². The molecule has 2 rings (SSSR count). The summed E-state index contributed by atoms with van der Waals surface area (Å²) in [6, 6.07) is 0. The van der Waals surface area contributed by atoms with E-state index in [1.165, 1.54) is 16.7 Å². The van der Waals surface area contributed by atoms with Gasteiger partial charge in [0.05, 0.1) is 12.2 Å². The van der Waals surface area contributed by atoms with Gasteiger partial charge in [0.15, 0.2) is 5.78 Å². The van der Waals surface area contributed by atoms with E-state index in [4.69, 9.17) is 0 Å². The van der Waals surface area contributed by atoms with Crippen molar-refractivity contribution in [2.75, 3.05) is 0 Å². The second-order valence-corrected chi connectivity index (χ2v) is 14.2. The third-order valence-corrected chi connectivity index (χ3v) is 9.18. The van der Waals surface area contributed by atoms with Crippen LogP contribution in [0.15, 0.2) is 119 Å². The number of aliphatic hydroxyl groups is 2. The topological polar surface area (TPSA) is 57.5 Å². The second kappa shape index (κ2) is 15.6. The molecule has 0 radical (unpaired) electrons. The Morgan fingerprint density at radius 1 is 0.651 bits per heavy atom. The largest absolute Gasteiger partial charge is 0.393 e. The quantitative estimate of drug-likeness (QED) is 0.188. The standard InChI is InChI=1S/C40H56O3/c1-29(17-13-19-31(3)21-23-36-33(5)25-34(41)26-38(36,6)7)15-11-12-16-30(2)18-14-20-32(4)22-24-37(43)40(10)28-35(42)27-39(40,8)9/h11-24,34-35,41-42H,25-28H2,1-10H3/b12-11+,17-13+,18-14+,23-21+,24-22+,29-15+,30-16+,31-19+,32-20+. The summed E-state index contributed by atoms with van der Waals surface area (Å²) < 4.78 is 0. The summed E-state index contributed by atoms with van der Waals surface area (Å²) in [5.41, 5.74) is 6.34. The van der Waals surface area contributed by atoms with Gasteiger partial charge in [0.25, 0.3) is 0 Å². The van der Waals surface area contributed by atoms with Crippen LogP contribution in [0.4, 0.5) is 0 Å². The zero-order valence-electron chi connectivity index (χ0n) is 28.4. The lowest BCUT2D eigenvalue weighted by molar-refractivity contribution is -0.127. The average Bonchev–Trinajstić information content (AvgIpc) is 3.10. The highest BCUT2D eigenvalue weighted by Crippen LogP contribution is 2.53. The maximum Gasteiger partial charge on any atom is 0.162 e. The molecule has 0 aromatic rings. The molecule has 1 saturated carbocycles. The maximum absolute atomic E-state index is 12.9. The van der Waals surface area contributed by atoms with Crippen LogP contribution in [0.25, 0.3) is 0 Å². The number of hydrogen-bond acceptors (Lipinski definition) is 3. The molecule has 0 amide bonds. The Bertz CT molecular complexity index is 1310. The number of hydrogen-bond donors (Lipinski definition) is 2. The zero-order chi connectivity index (χ0) is 32.4. The molecule has 0 saturated heterocycles. The van der Waals surface area contributed by atoms with Crippen LogP contribution in [-0.2, 0) is 4.79 Å². The van der Waals surface area contributed by atoms with E-state index in [-0.39, 0.29) is 22.7 Å². The van der Waals surface area contributed by atoms with Crippen LogP contribution >= 0.6 is 0 Å². The average molecular weight is 585 g/mol. The lowest BCUT2D eigenvalue weighted by Crippen LogP contribution is -2.36. The van der Waals surface area contributed by atoms with E-state index in [0.717, 1.165) is 29.6 Å². The minimum absolute atomic E-state index is 0.00528. The van der Waals surface area contributed by atoms with Crippen molar-refractivity contribution in [3.05, 3.63) is 119 Å². The van der Waals surface area contributed by atoms with Crippen LogP contribution in [0.5, 0.6) is 0 Å². The third kappa shape index (κ3) is 10.9. The monoisotopic (exact) mass is 584 g/mol. The minimum atomic E-state index is -0.532. The summed E-state index contributed by atoms with van der Waals surface area (Å²) in [5.74, 6) is 0.0853. The molecule has 43 heavy (non-hydrogen) atoms. The summed E-state index contributed by atoms with van der Waals surface area (Å²) in [4.78, 5) is 12.9. The zero-order valence-corrected chi connectivity index (χ0v) is 28.4.